The standard InChI is InChI=1S/C21H29N3O.ClH/c1-16-13-17(2)21(18(3)14-16)23-20(25)15-24(12-10-22)11-9-19-7-5-4-6-8-19;/h4-8,13-14H,9-12,15,22H2,1-3H3,(H,23,25);1H. The van der Waals surface area contributed by atoms with E-state index in [-0.39, 0.29) is 18.3 Å². The first-order chi connectivity index (χ1) is 12.0. The van der Waals surface area contributed by atoms with Crippen LogP contribution in [-0.4, -0.2) is 37.0 Å². The molecule has 2 aromatic carbocycles. The summed E-state index contributed by atoms with van der Waals surface area (Å²) in [5.41, 5.74) is 11.3. The van der Waals surface area contributed by atoms with Crippen LogP contribution >= 0.6 is 12.4 Å². The third kappa shape index (κ3) is 6.79. The van der Waals surface area contributed by atoms with Gasteiger partial charge in [0.15, 0.2) is 0 Å². The Kier molecular flexibility index (Phi) is 9.35. The summed E-state index contributed by atoms with van der Waals surface area (Å²) in [6.07, 6.45) is 0.913. The van der Waals surface area contributed by atoms with Crippen molar-refractivity contribution in [3.63, 3.8) is 0 Å². The lowest BCUT2D eigenvalue weighted by molar-refractivity contribution is -0.117. The van der Waals surface area contributed by atoms with Crippen molar-refractivity contribution in [2.75, 3.05) is 31.5 Å². The Labute approximate surface area is 163 Å². The fourth-order valence-electron chi connectivity index (χ4n) is 3.14. The highest BCUT2D eigenvalue weighted by atomic mass is 35.5. The molecule has 1 amide bonds. The van der Waals surface area contributed by atoms with Crippen LogP contribution in [0.4, 0.5) is 5.69 Å². The van der Waals surface area contributed by atoms with Crippen LogP contribution in [0.3, 0.4) is 0 Å². The summed E-state index contributed by atoms with van der Waals surface area (Å²) in [6.45, 7) is 8.57. The van der Waals surface area contributed by atoms with Crippen LogP contribution in [0, 0.1) is 20.8 Å². The predicted molar refractivity (Wildman–Crippen MR) is 112 cm³/mol. The SMILES string of the molecule is Cc1cc(C)c(NC(=O)CN(CCN)CCc2ccccc2)c(C)c1.Cl. The van der Waals surface area contributed by atoms with Gasteiger partial charge < -0.3 is 11.1 Å². The third-order valence-electron chi connectivity index (χ3n) is 4.31. The van der Waals surface area contributed by atoms with Gasteiger partial charge in [0.25, 0.3) is 0 Å². The number of nitrogens with zero attached hydrogens (tertiary/aromatic N) is 1. The van der Waals surface area contributed by atoms with Gasteiger partial charge in [-0.05, 0) is 43.9 Å². The minimum absolute atomic E-state index is 0. The van der Waals surface area contributed by atoms with Gasteiger partial charge in [0.2, 0.25) is 5.91 Å². The number of rotatable bonds is 8. The second-order valence-electron chi connectivity index (χ2n) is 6.62. The number of hydrogen-bond donors (Lipinski definition) is 2. The van der Waals surface area contributed by atoms with E-state index in [9.17, 15) is 4.79 Å². The van der Waals surface area contributed by atoms with E-state index in [4.69, 9.17) is 5.73 Å². The number of nitrogens with one attached hydrogen (secondary N) is 1. The van der Waals surface area contributed by atoms with Crippen molar-refractivity contribution >= 4 is 24.0 Å². The van der Waals surface area contributed by atoms with Gasteiger partial charge in [0.05, 0.1) is 6.54 Å². The Hall–Kier alpha value is -1.88. The van der Waals surface area contributed by atoms with Crippen LogP contribution < -0.4 is 11.1 Å². The van der Waals surface area contributed by atoms with Crippen molar-refractivity contribution in [2.45, 2.75) is 27.2 Å². The number of halogens is 1. The number of carbonyl (C=O) groups is 1. The molecule has 0 saturated heterocycles. The summed E-state index contributed by atoms with van der Waals surface area (Å²) >= 11 is 0. The lowest BCUT2D eigenvalue weighted by atomic mass is 10.1. The lowest BCUT2D eigenvalue weighted by Crippen LogP contribution is -2.38. The second kappa shape index (κ2) is 11.0. The monoisotopic (exact) mass is 375 g/mol. The zero-order chi connectivity index (χ0) is 18.2. The molecule has 0 spiro atoms. The van der Waals surface area contributed by atoms with Gasteiger partial charge >= 0.3 is 0 Å². The summed E-state index contributed by atoms with van der Waals surface area (Å²) in [6, 6.07) is 14.5. The van der Waals surface area contributed by atoms with Crippen molar-refractivity contribution in [3.05, 3.63) is 64.7 Å². The Morgan fingerprint density at radius 2 is 1.65 bits per heavy atom. The van der Waals surface area contributed by atoms with Gasteiger partial charge in [-0.1, -0.05) is 48.0 Å². The van der Waals surface area contributed by atoms with Gasteiger partial charge in [-0.15, -0.1) is 12.4 Å². The summed E-state index contributed by atoms with van der Waals surface area (Å²) in [5, 5.41) is 3.07. The zero-order valence-electron chi connectivity index (χ0n) is 15.9. The quantitative estimate of drug-likeness (QED) is 0.742. The molecule has 0 radical (unpaired) electrons. The third-order valence-corrected chi connectivity index (χ3v) is 4.31. The van der Waals surface area contributed by atoms with Gasteiger partial charge in [0, 0.05) is 25.3 Å². The van der Waals surface area contributed by atoms with E-state index in [1.165, 1.54) is 11.1 Å². The molecule has 0 atom stereocenters. The van der Waals surface area contributed by atoms with Crippen molar-refractivity contribution < 1.29 is 4.79 Å². The van der Waals surface area contributed by atoms with Crippen molar-refractivity contribution in [3.8, 4) is 0 Å². The summed E-state index contributed by atoms with van der Waals surface area (Å²) in [7, 11) is 0. The molecule has 142 valence electrons. The fraction of sp³-hybridized carbons (Fsp3) is 0.381. The minimum atomic E-state index is 0. The second-order valence-corrected chi connectivity index (χ2v) is 6.62. The first-order valence-corrected chi connectivity index (χ1v) is 8.83. The first kappa shape index (κ1) is 22.2. The molecular formula is C21H30ClN3O. The number of carbonyl (C=O) groups excluding carboxylic acids is 1. The summed E-state index contributed by atoms with van der Waals surface area (Å²) < 4.78 is 0. The Morgan fingerprint density at radius 1 is 1.04 bits per heavy atom. The molecule has 0 aliphatic carbocycles. The maximum absolute atomic E-state index is 12.5. The number of nitrogens with two attached hydrogens (primary N) is 1. The number of hydrogen-bond acceptors (Lipinski definition) is 3. The molecule has 0 aliphatic heterocycles. The average Bonchev–Trinajstić information content (AvgIpc) is 2.57. The average molecular weight is 376 g/mol. The summed E-state index contributed by atoms with van der Waals surface area (Å²) in [5.74, 6) is 0.0107. The van der Waals surface area contributed by atoms with E-state index in [1.807, 2.05) is 32.0 Å². The fourth-order valence-corrected chi connectivity index (χ4v) is 3.14. The molecule has 0 saturated carbocycles. The van der Waals surface area contributed by atoms with E-state index < -0.39 is 0 Å². The minimum Gasteiger partial charge on any atom is -0.329 e. The molecule has 3 N–H and O–H groups in total. The molecule has 5 heteroatoms. The van der Waals surface area contributed by atoms with Gasteiger partial charge in [-0.2, -0.15) is 0 Å². The molecule has 26 heavy (non-hydrogen) atoms. The van der Waals surface area contributed by atoms with E-state index in [1.54, 1.807) is 0 Å². The van der Waals surface area contributed by atoms with Crippen LogP contribution in [0.25, 0.3) is 0 Å². The normalized spacial score (nSPS) is 10.5. The highest BCUT2D eigenvalue weighted by Gasteiger charge is 2.13. The molecule has 0 aliphatic rings. The van der Waals surface area contributed by atoms with Crippen molar-refractivity contribution in [2.24, 2.45) is 5.73 Å². The van der Waals surface area contributed by atoms with Gasteiger partial charge in [-0.25, -0.2) is 0 Å². The van der Waals surface area contributed by atoms with Crippen molar-refractivity contribution in [1.29, 1.82) is 0 Å². The molecule has 0 fully saturated rings. The molecule has 2 aromatic rings. The molecule has 0 heterocycles. The van der Waals surface area contributed by atoms with E-state index >= 15 is 0 Å². The van der Waals surface area contributed by atoms with E-state index in [2.05, 4.69) is 41.4 Å². The largest absolute Gasteiger partial charge is 0.329 e. The number of benzene rings is 2. The van der Waals surface area contributed by atoms with E-state index in [0.717, 1.165) is 29.8 Å². The van der Waals surface area contributed by atoms with Crippen LogP contribution in [0.5, 0.6) is 0 Å². The highest BCUT2D eigenvalue weighted by Crippen LogP contribution is 2.21. The van der Waals surface area contributed by atoms with E-state index in [0.29, 0.717) is 19.6 Å². The Morgan fingerprint density at radius 3 is 2.23 bits per heavy atom. The van der Waals surface area contributed by atoms with Crippen LogP contribution in [-0.2, 0) is 11.2 Å². The van der Waals surface area contributed by atoms with Gasteiger partial charge in [-0.3, -0.25) is 9.69 Å². The topological polar surface area (TPSA) is 58.4 Å². The van der Waals surface area contributed by atoms with Gasteiger partial charge in [0.1, 0.15) is 0 Å². The maximum Gasteiger partial charge on any atom is 0.238 e. The summed E-state index contributed by atoms with van der Waals surface area (Å²) in [4.78, 5) is 14.6. The molecule has 0 aromatic heterocycles. The smallest absolute Gasteiger partial charge is 0.238 e. The molecule has 4 nitrogen and oxygen atoms in total. The maximum atomic E-state index is 12.5. The number of anilines is 1. The molecule has 0 bridgehead atoms. The molecule has 2 rings (SSSR count). The Bertz CT molecular complexity index is 681. The number of amides is 1. The first-order valence-electron chi connectivity index (χ1n) is 8.83. The highest BCUT2D eigenvalue weighted by molar-refractivity contribution is 5.93. The lowest BCUT2D eigenvalue weighted by Gasteiger charge is -2.22. The van der Waals surface area contributed by atoms with Crippen molar-refractivity contribution in [1.82, 2.24) is 4.90 Å². The zero-order valence-corrected chi connectivity index (χ0v) is 16.7. The van der Waals surface area contributed by atoms with Crippen LogP contribution in [0.15, 0.2) is 42.5 Å². The molecule has 0 unspecified atom stereocenters. The van der Waals surface area contributed by atoms with Crippen LogP contribution in [0.2, 0.25) is 0 Å². The predicted octanol–water partition coefficient (Wildman–Crippen LogP) is 3.48. The molecular weight excluding hydrogens is 346 g/mol. The Balaban J connectivity index is 0.00000338. The number of aryl methyl sites for hydroxylation is 3. The van der Waals surface area contributed by atoms with Crippen LogP contribution in [0.1, 0.15) is 22.3 Å².